The summed E-state index contributed by atoms with van der Waals surface area (Å²) in [6.07, 6.45) is 0. The van der Waals surface area contributed by atoms with Gasteiger partial charge in [0.2, 0.25) is 0 Å². The number of rotatable bonds is 2. The van der Waals surface area contributed by atoms with Gasteiger partial charge in [-0.3, -0.25) is 0 Å². The fraction of sp³-hybridized carbons (Fsp3) is 0.125. The first kappa shape index (κ1) is 7.60. The molecule has 3 heteroatoms. The normalized spacial score (nSPS) is 9.18. The van der Waals surface area contributed by atoms with Crippen LogP contribution in [0.2, 0.25) is 0 Å². The van der Waals surface area contributed by atoms with Gasteiger partial charge in [-0.15, -0.1) is 0 Å². The molecule has 1 aromatic rings. The standard InChI is InChI=1S/C8H7O3/c1-11-7-5-3-2-4-6(7)8(9)10/h3-5H,1H3,(H,9,10). The van der Waals surface area contributed by atoms with Crippen LogP contribution in [-0.4, -0.2) is 18.2 Å². The van der Waals surface area contributed by atoms with E-state index < -0.39 is 5.97 Å². The van der Waals surface area contributed by atoms with Gasteiger partial charge in [0.25, 0.3) is 0 Å². The highest BCUT2D eigenvalue weighted by atomic mass is 16.5. The molecule has 0 atom stereocenters. The van der Waals surface area contributed by atoms with Crippen LogP contribution in [0.1, 0.15) is 10.4 Å². The minimum absolute atomic E-state index is 0.134. The van der Waals surface area contributed by atoms with Crippen molar-refractivity contribution in [2.45, 2.75) is 0 Å². The maximum atomic E-state index is 10.5. The van der Waals surface area contributed by atoms with E-state index in [2.05, 4.69) is 6.07 Å². The third-order valence-electron chi connectivity index (χ3n) is 1.27. The number of benzene rings is 1. The molecule has 11 heavy (non-hydrogen) atoms. The molecule has 0 amide bonds. The van der Waals surface area contributed by atoms with Crippen LogP contribution in [0.3, 0.4) is 0 Å². The predicted molar refractivity (Wildman–Crippen MR) is 38.8 cm³/mol. The molecule has 0 aliphatic rings. The molecule has 1 rings (SSSR count). The molecule has 0 heterocycles. The molecule has 3 nitrogen and oxygen atoms in total. The lowest BCUT2D eigenvalue weighted by Crippen LogP contribution is -1.99. The Hall–Kier alpha value is -1.51. The SMILES string of the molecule is COc1cc[c]cc1C(=O)O. The van der Waals surface area contributed by atoms with Gasteiger partial charge in [0, 0.05) is 0 Å². The summed E-state index contributed by atoms with van der Waals surface area (Å²) in [6, 6.07) is 7.19. The summed E-state index contributed by atoms with van der Waals surface area (Å²) < 4.78 is 4.81. The maximum absolute atomic E-state index is 10.5. The number of hydrogen-bond donors (Lipinski definition) is 1. The smallest absolute Gasteiger partial charge is 0.339 e. The first-order chi connectivity index (χ1) is 5.25. The lowest BCUT2D eigenvalue weighted by atomic mass is 10.2. The highest BCUT2D eigenvalue weighted by Crippen LogP contribution is 2.15. The second-order valence-corrected chi connectivity index (χ2v) is 1.93. The summed E-state index contributed by atoms with van der Waals surface area (Å²) in [5.41, 5.74) is 0.134. The van der Waals surface area contributed by atoms with E-state index in [-0.39, 0.29) is 5.56 Å². The molecule has 0 aromatic heterocycles. The minimum Gasteiger partial charge on any atom is -0.496 e. The van der Waals surface area contributed by atoms with E-state index in [1.807, 2.05) is 0 Å². The lowest BCUT2D eigenvalue weighted by Gasteiger charge is -2.01. The van der Waals surface area contributed by atoms with Gasteiger partial charge in [-0.05, 0) is 18.2 Å². The molecule has 0 aliphatic carbocycles. The zero-order valence-electron chi connectivity index (χ0n) is 6.00. The third kappa shape index (κ3) is 1.49. The first-order valence-electron chi connectivity index (χ1n) is 3.03. The van der Waals surface area contributed by atoms with Gasteiger partial charge in [0.1, 0.15) is 11.3 Å². The average Bonchev–Trinajstić information content (AvgIpc) is 2.04. The van der Waals surface area contributed by atoms with Crippen LogP contribution in [0.25, 0.3) is 0 Å². The molecule has 0 aliphatic heterocycles. The minimum atomic E-state index is -1.00. The van der Waals surface area contributed by atoms with Crippen LogP contribution in [0.4, 0.5) is 0 Å². The molecular weight excluding hydrogens is 144 g/mol. The Balaban J connectivity index is 3.12. The van der Waals surface area contributed by atoms with Crippen molar-refractivity contribution in [2.75, 3.05) is 7.11 Å². The van der Waals surface area contributed by atoms with E-state index in [0.717, 1.165) is 0 Å². The van der Waals surface area contributed by atoms with Crippen LogP contribution < -0.4 is 4.74 Å². The van der Waals surface area contributed by atoms with Gasteiger partial charge in [0.15, 0.2) is 0 Å². The molecule has 0 saturated carbocycles. The average molecular weight is 151 g/mol. The maximum Gasteiger partial charge on any atom is 0.339 e. The quantitative estimate of drug-likeness (QED) is 0.690. The molecule has 0 bridgehead atoms. The van der Waals surface area contributed by atoms with Gasteiger partial charge in [0.05, 0.1) is 7.11 Å². The molecule has 57 valence electrons. The van der Waals surface area contributed by atoms with Crippen molar-refractivity contribution in [1.29, 1.82) is 0 Å². The number of ether oxygens (including phenoxy) is 1. The number of carboxylic acids is 1. The van der Waals surface area contributed by atoms with Crippen molar-refractivity contribution in [2.24, 2.45) is 0 Å². The Kier molecular flexibility index (Phi) is 2.11. The number of methoxy groups -OCH3 is 1. The van der Waals surface area contributed by atoms with Crippen molar-refractivity contribution >= 4 is 5.97 Å². The van der Waals surface area contributed by atoms with Gasteiger partial charge in [-0.25, -0.2) is 4.79 Å². The monoisotopic (exact) mass is 151 g/mol. The summed E-state index contributed by atoms with van der Waals surface area (Å²) in [5.74, 6) is -0.644. The second-order valence-electron chi connectivity index (χ2n) is 1.93. The van der Waals surface area contributed by atoms with E-state index in [1.165, 1.54) is 13.2 Å². The van der Waals surface area contributed by atoms with Gasteiger partial charge in [-0.2, -0.15) is 0 Å². The zero-order chi connectivity index (χ0) is 8.27. The Bertz CT molecular complexity index is 268. The molecule has 0 fully saturated rings. The van der Waals surface area contributed by atoms with Gasteiger partial charge >= 0.3 is 5.97 Å². The molecule has 1 aromatic carbocycles. The lowest BCUT2D eigenvalue weighted by molar-refractivity contribution is 0.0693. The van der Waals surface area contributed by atoms with E-state index in [1.54, 1.807) is 12.1 Å². The summed E-state index contributed by atoms with van der Waals surface area (Å²) in [5, 5.41) is 8.60. The van der Waals surface area contributed by atoms with Crippen molar-refractivity contribution in [3.8, 4) is 5.75 Å². The number of hydrogen-bond acceptors (Lipinski definition) is 2. The van der Waals surface area contributed by atoms with Crippen molar-refractivity contribution in [3.63, 3.8) is 0 Å². The number of carboxylic acid groups (broad SMARTS) is 1. The largest absolute Gasteiger partial charge is 0.496 e. The van der Waals surface area contributed by atoms with Crippen molar-refractivity contribution in [1.82, 2.24) is 0 Å². The fourth-order valence-electron chi connectivity index (χ4n) is 0.761. The third-order valence-corrected chi connectivity index (χ3v) is 1.27. The molecule has 1 N–H and O–H groups in total. The summed E-state index contributed by atoms with van der Waals surface area (Å²) in [6.45, 7) is 0. The molecule has 0 unspecified atom stereocenters. The molecular formula is C8H7O3. The number of aromatic carboxylic acids is 1. The van der Waals surface area contributed by atoms with Gasteiger partial charge < -0.3 is 9.84 Å². The Labute approximate surface area is 64.2 Å². The van der Waals surface area contributed by atoms with Crippen molar-refractivity contribution < 1.29 is 14.6 Å². The van der Waals surface area contributed by atoms with Crippen molar-refractivity contribution in [3.05, 3.63) is 29.8 Å². The van der Waals surface area contributed by atoms with E-state index in [0.29, 0.717) is 5.75 Å². The van der Waals surface area contributed by atoms with E-state index >= 15 is 0 Å². The molecule has 1 radical (unpaired) electrons. The summed E-state index contributed by atoms with van der Waals surface area (Å²) in [7, 11) is 1.43. The summed E-state index contributed by atoms with van der Waals surface area (Å²) in [4.78, 5) is 10.5. The Morgan fingerprint density at radius 1 is 1.73 bits per heavy atom. The Morgan fingerprint density at radius 3 is 2.91 bits per heavy atom. The van der Waals surface area contributed by atoms with E-state index in [4.69, 9.17) is 9.84 Å². The van der Waals surface area contributed by atoms with Crippen LogP contribution in [0, 0.1) is 6.07 Å². The summed E-state index contributed by atoms with van der Waals surface area (Å²) >= 11 is 0. The van der Waals surface area contributed by atoms with E-state index in [9.17, 15) is 4.79 Å². The predicted octanol–water partition coefficient (Wildman–Crippen LogP) is 1.19. The second kappa shape index (κ2) is 3.05. The van der Waals surface area contributed by atoms with Crippen LogP contribution in [-0.2, 0) is 0 Å². The number of carbonyl (C=O) groups is 1. The van der Waals surface area contributed by atoms with Crippen LogP contribution >= 0.6 is 0 Å². The highest BCUT2D eigenvalue weighted by Gasteiger charge is 2.07. The Morgan fingerprint density at radius 2 is 2.45 bits per heavy atom. The van der Waals surface area contributed by atoms with Crippen LogP contribution in [0.5, 0.6) is 5.75 Å². The topological polar surface area (TPSA) is 46.5 Å². The zero-order valence-corrected chi connectivity index (χ0v) is 6.00. The molecule has 0 spiro atoms. The molecule has 0 saturated heterocycles. The first-order valence-corrected chi connectivity index (χ1v) is 3.03. The highest BCUT2D eigenvalue weighted by molar-refractivity contribution is 5.90. The van der Waals surface area contributed by atoms with Gasteiger partial charge in [-0.1, -0.05) is 6.07 Å². The van der Waals surface area contributed by atoms with Crippen LogP contribution in [0.15, 0.2) is 18.2 Å². The fourth-order valence-corrected chi connectivity index (χ4v) is 0.761.